The number of nitrogens with zero attached hydrogens (tertiary/aromatic N) is 1. The minimum Gasteiger partial charge on any atom is -0.384 e. The van der Waals surface area contributed by atoms with Crippen LogP contribution in [-0.2, 0) is 6.54 Å². The predicted molar refractivity (Wildman–Crippen MR) is 86.8 cm³/mol. The van der Waals surface area contributed by atoms with Gasteiger partial charge in [-0.25, -0.2) is 0 Å². The third-order valence-electron chi connectivity index (χ3n) is 3.58. The van der Waals surface area contributed by atoms with E-state index in [4.69, 9.17) is 5.11 Å². The normalized spacial score (nSPS) is 18.9. The lowest BCUT2D eigenvalue weighted by molar-refractivity contribution is 0.276. The van der Waals surface area contributed by atoms with Crippen molar-refractivity contribution < 1.29 is 5.11 Å². The van der Waals surface area contributed by atoms with Crippen LogP contribution in [0, 0.1) is 11.8 Å². The summed E-state index contributed by atoms with van der Waals surface area (Å²) in [7, 11) is 0. The Balaban J connectivity index is 1.99. The first-order valence-corrected chi connectivity index (χ1v) is 8.13. The molecular formula is C17H23NOS. The number of aliphatic hydroxyl groups excluding tert-OH is 1. The van der Waals surface area contributed by atoms with Gasteiger partial charge in [-0.1, -0.05) is 37.8 Å². The number of benzene rings is 1. The van der Waals surface area contributed by atoms with Crippen molar-refractivity contribution in [3.63, 3.8) is 0 Å². The molecule has 1 aromatic rings. The molecule has 1 aliphatic heterocycles. The number of thioether (sulfide) groups is 1. The number of aliphatic hydroxyl groups is 1. The summed E-state index contributed by atoms with van der Waals surface area (Å²) >= 11 is 2.08. The summed E-state index contributed by atoms with van der Waals surface area (Å²) in [5, 5.41) is 8.75. The first-order chi connectivity index (χ1) is 9.59. The number of hydrogen-bond donors (Lipinski definition) is 1. The Morgan fingerprint density at radius 3 is 3.00 bits per heavy atom. The Kier molecular flexibility index (Phi) is 5.54. The van der Waals surface area contributed by atoms with Gasteiger partial charge in [0, 0.05) is 29.2 Å². The van der Waals surface area contributed by atoms with E-state index in [-0.39, 0.29) is 6.61 Å². The molecule has 1 heterocycles. The van der Waals surface area contributed by atoms with Gasteiger partial charge in [0.05, 0.1) is 0 Å². The smallest absolute Gasteiger partial charge is 0.104 e. The quantitative estimate of drug-likeness (QED) is 0.847. The van der Waals surface area contributed by atoms with Crippen LogP contribution in [0.25, 0.3) is 0 Å². The van der Waals surface area contributed by atoms with Gasteiger partial charge in [0.15, 0.2) is 0 Å². The molecule has 1 N–H and O–H groups in total. The van der Waals surface area contributed by atoms with Crippen LogP contribution in [0.3, 0.4) is 0 Å². The van der Waals surface area contributed by atoms with Crippen LogP contribution >= 0.6 is 11.8 Å². The van der Waals surface area contributed by atoms with Gasteiger partial charge in [-0.15, -0.1) is 0 Å². The average molecular weight is 289 g/mol. The molecule has 0 radical (unpaired) electrons. The molecule has 0 aromatic heterocycles. The molecule has 0 spiro atoms. The molecule has 1 aromatic carbocycles. The van der Waals surface area contributed by atoms with Crippen LogP contribution in [-0.4, -0.2) is 40.2 Å². The Labute approximate surface area is 126 Å². The lowest BCUT2D eigenvalue weighted by atomic mass is 10.1. The Morgan fingerprint density at radius 2 is 2.20 bits per heavy atom. The van der Waals surface area contributed by atoms with Crippen molar-refractivity contribution in [1.29, 1.82) is 0 Å². The van der Waals surface area contributed by atoms with Gasteiger partial charge in [-0.3, -0.25) is 4.90 Å². The topological polar surface area (TPSA) is 23.5 Å². The first kappa shape index (κ1) is 15.4. The monoisotopic (exact) mass is 289 g/mol. The highest BCUT2D eigenvalue weighted by atomic mass is 32.2. The van der Waals surface area contributed by atoms with Crippen LogP contribution in [0.4, 0.5) is 0 Å². The minimum atomic E-state index is -0.0807. The summed E-state index contributed by atoms with van der Waals surface area (Å²) in [6.45, 7) is 7.90. The maximum atomic E-state index is 8.75. The van der Waals surface area contributed by atoms with Crippen molar-refractivity contribution in [2.75, 3.05) is 25.4 Å². The van der Waals surface area contributed by atoms with E-state index in [1.54, 1.807) is 0 Å². The van der Waals surface area contributed by atoms with Gasteiger partial charge < -0.3 is 5.11 Å². The highest BCUT2D eigenvalue weighted by Crippen LogP contribution is 2.31. The van der Waals surface area contributed by atoms with Crippen LogP contribution < -0.4 is 0 Å². The molecule has 0 atom stereocenters. The molecule has 1 saturated heterocycles. The van der Waals surface area contributed by atoms with Crippen molar-refractivity contribution >= 4 is 11.8 Å². The third-order valence-corrected chi connectivity index (χ3v) is 4.95. The molecule has 0 saturated carbocycles. The van der Waals surface area contributed by atoms with Gasteiger partial charge in [0.2, 0.25) is 0 Å². The lowest BCUT2D eigenvalue weighted by Crippen LogP contribution is -2.26. The highest BCUT2D eigenvalue weighted by molar-refractivity contribution is 8.00. The molecule has 0 unspecified atom stereocenters. The molecule has 108 valence electrons. The van der Waals surface area contributed by atoms with Gasteiger partial charge >= 0.3 is 0 Å². The van der Waals surface area contributed by atoms with Crippen molar-refractivity contribution in [2.45, 2.75) is 31.6 Å². The van der Waals surface area contributed by atoms with Crippen LogP contribution in [0.2, 0.25) is 0 Å². The first-order valence-electron chi connectivity index (χ1n) is 7.14. The Hall–Kier alpha value is -0.950. The van der Waals surface area contributed by atoms with Gasteiger partial charge in [-0.2, -0.15) is 11.8 Å². The van der Waals surface area contributed by atoms with Crippen LogP contribution in [0.1, 0.15) is 31.4 Å². The standard InChI is InChI=1S/C17H23NOS/c1-17(2)8-9-18(10-12-20-17)14-16-6-3-5-15(13-16)7-4-11-19/h3,5-6,13,19H,8-12,14H2,1-2H3. The summed E-state index contributed by atoms with van der Waals surface area (Å²) in [5.74, 6) is 6.88. The largest absolute Gasteiger partial charge is 0.384 e. The molecule has 1 aliphatic rings. The summed E-state index contributed by atoms with van der Waals surface area (Å²) in [4.78, 5) is 2.53. The highest BCUT2D eigenvalue weighted by Gasteiger charge is 2.23. The summed E-state index contributed by atoms with van der Waals surface area (Å²) in [5.41, 5.74) is 2.29. The molecule has 2 rings (SSSR count). The molecular weight excluding hydrogens is 266 g/mol. The Bertz CT molecular complexity index is 501. The fourth-order valence-electron chi connectivity index (χ4n) is 2.37. The summed E-state index contributed by atoms with van der Waals surface area (Å²) < 4.78 is 0.406. The van der Waals surface area contributed by atoms with Crippen molar-refractivity contribution in [1.82, 2.24) is 4.90 Å². The van der Waals surface area contributed by atoms with Gasteiger partial charge in [0.25, 0.3) is 0 Å². The molecule has 0 aliphatic carbocycles. The van der Waals surface area contributed by atoms with Gasteiger partial charge in [0.1, 0.15) is 6.61 Å². The minimum absolute atomic E-state index is 0.0807. The van der Waals surface area contributed by atoms with E-state index in [2.05, 4.69) is 54.5 Å². The second-order valence-corrected chi connectivity index (χ2v) is 7.60. The van der Waals surface area contributed by atoms with Crippen LogP contribution in [0.5, 0.6) is 0 Å². The number of rotatable bonds is 2. The molecule has 0 bridgehead atoms. The third kappa shape index (κ3) is 4.86. The predicted octanol–water partition coefficient (Wildman–Crippen LogP) is 2.75. The second kappa shape index (κ2) is 7.17. The second-order valence-electron chi connectivity index (χ2n) is 5.79. The maximum absolute atomic E-state index is 8.75. The van der Waals surface area contributed by atoms with E-state index in [0.717, 1.165) is 25.2 Å². The fraction of sp³-hybridized carbons (Fsp3) is 0.529. The zero-order valence-corrected chi connectivity index (χ0v) is 13.2. The fourth-order valence-corrected chi connectivity index (χ4v) is 3.51. The summed E-state index contributed by atoms with van der Waals surface area (Å²) in [6, 6.07) is 8.33. The molecule has 1 fully saturated rings. The maximum Gasteiger partial charge on any atom is 0.104 e. The molecule has 2 nitrogen and oxygen atoms in total. The van der Waals surface area contributed by atoms with Crippen molar-refractivity contribution in [2.24, 2.45) is 0 Å². The van der Waals surface area contributed by atoms with Crippen LogP contribution in [0.15, 0.2) is 24.3 Å². The van der Waals surface area contributed by atoms with E-state index in [9.17, 15) is 0 Å². The van der Waals surface area contributed by atoms with E-state index < -0.39 is 0 Å². The average Bonchev–Trinajstić information content (AvgIpc) is 2.58. The molecule has 3 heteroatoms. The number of hydrogen-bond acceptors (Lipinski definition) is 3. The Morgan fingerprint density at radius 1 is 1.35 bits per heavy atom. The zero-order valence-electron chi connectivity index (χ0n) is 12.4. The van der Waals surface area contributed by atoms with Gasteiger partial charge in [-0.05, 0) is 30.7 Å². The lowest BCUT2D eigenvalue weighted by Gasteiger charge is -2.22. The van der Waals surface area contributed by atoms with E-state index in [1.165, 1.54) is 17.7 Å². The molecule has 0 amide bonds. The zero-order chi connectivity index (χ0) is 14.4. The van der Waals surface area contributed by atoms with E-state index >= 15 is 0 Å². The SMILES string of the molecule is CC1(C)CCN(Cc2cccc(C#CCO)c2)CCS1. The van der Waals surface area contributed by atoms with Crippen molar-refractivity contribution in [3.8, 4) is 11.8 Å². The van der Waals surface area contributed by atoms with E-state index in [1.807, 2.05) is 12.1 Å². The van der Waals surface area contributed by atoms with E-state index in [0.29, 0.717) is 4.75 Å². The molecule has 20 heavy (non-hydrogen) atoms. The van der Waals surface area contributed by atoms with Crippen molar-refractivity contribution in [3.05, 3.63) is 35.4 Å². The summed E-state index contributed by atoms with van der Waals surface area (Å²) in [6.07, 6.45) is 1.24.